The summed E-state index contributed by atoms with van der Waals surface area (Å²) in [6.07, 6.45) is 0. The maximum Gasteiger partial charge on any atom is 0.252 e. The first kappa shape index (κ1) is 7.95. The van der Waals surface area contributed by atoms with Gasteiger partial charge in [-0.1, -0.05) is 0 Å². The van der Waals surface area contributed by atoms with Crippen LogP contribution in [0.2, 0.25) is 0 Å². The van der Waals surface area contributed by atoms with Crippen molar-refractivity contribution in [1.82, 2.24) is 0 Å². The van der Waals surface area contributed by atoms with Crippen LogP contribution in [-0.4, -0.2) is 12.0 Å². The maximum absolute atomic E-state index is 10.6. The number of nitrogens with zero attached hydrogens (tertiary/aromatic N) is 1. The molecule has 0 saturated carbocycles. The van der Waals surface area contributed by atoms with Crippen LogP contribution in [0.4, 0.5) is 5.69 Å². The highest BCUT2D eigenvalue weighted by Crippen LogP contribution is 2.12. The fraction of sp³-hybridized carbons (Fsp3) is 0. The van der Waals surface area contributed by atoms with Crippen molar-refractivity contribution >= 4 is 29.2 Å². The summed E-state index contributed by atoms with van der Waals surface area (Å²) in [4.78, 5) is 14.2. The third-order valence-corrected chi connectivity index (χ3v) is 1.50. The number of hydrogen-bond donors (Lipinski definition) is 0. The highest BCUT2D eigenvalue weighted by molar-refractivity contribution is 6.67. The van der Waals surface area contributed by atoms with Crippen molar-refractivity contribution in [2.24, 2.45) is 4.99 Å². The lowest BCUT2D eigenvalue weighted by Crippen LogP contribution is -1.85. The Morgan fingerprint density at radius 2 is 1.91 bits per heavy atom. The van der Waals surface area contributed by atoms with Gasteiger partial charge in [-0.05, 0) is 42.6 Å². The number of carbonyl (C=O) groups excluding carboxylic acids is 1. The Kier molecular flexibility index (Phi) is 2.39. The molecule has 0 heterocycles. The van der Waals surface area contributed by atoms with Crippen molar-refractivity contribution in [3.05, 3.63) is 29.8 Å². The van der Waals surface area contributed by atoms with E-state index in [1.54, 1.807) is 24.3 Å². The number of carbonyl (C=O) groups is 1. The van der Waals surface area contributed by atoms with Crippen LogP contribution in [0.3, 0.4) is 0 Å². The van der Waals surface area contributed by atoms with E-state index in [0.717, 1.165) is 5.69 Å². The fourth-order valence-corrected chi connectivity index (χ4v) is 0.824. The molecule has 1 rings (SSSR count). The van der Waals surface area contributed by atoms with Gasteiger partial charge in [0.25, 0.3) is 5.24 Å². The van der Waals surface area contributed by atoms with Gasteiger partial charge in [-0.25, -0.2) is 0 Å². The van der Waals surface area contributed by atoms with Crippen LogP contribution < -0.4 is 0 Å². The first-order valence-electron chi connectivity index (χ1n) is 3.00. The number of hydrogen-bond acceptors (Lipinski definition) is 2. The van der Waals surface area contributed by atoms with Gasteiger partial charge >= 0.3 is 0 Å². The zero-order valence-corrected chi connectivity index (χ0v) is 6.51. The van der Waals surface area contributed by atoms with Gasteiger partial charge in [0.15, 0.2) is 0 Å². The predicted octanol–water partition coefficient (Wildman–Crippen LogP) is 2.40. The van der Waals surface area contributed by atoms with Gasteiger partial charge in [-0.2, -0.15) is 0 Å². The molecule has 1 aromatic rings. The third-order valence-electron chi connectivity index (χ3n) is 1.28. The molecule has 0 unspecified atom stereocenters. The van der Waals surface area contributed by atoms with Gasteiger partial charge in [-0.15, -0.1) is 0 Å². The van der Waals surface area contributed by atoms with Crippen LogP contribution in [-0.2, 0) is 0 Å². The van der Waals surface area contributed by atoms with E-state index in [0.29, 0.717) is 5.56 Å². The number of aliphatic imine (C=N–C) groups is 1. The molecule has 0 aliphatic carbocycles. The summed E-state index contributed by atoms with van der Waals surface area (Å²) in [5.41, 5.74) is 1.20. The molecule has 0 aliphatic rings. The summed E-state index contributed by atoms with van der Waals surface area (Å²) < 4.78 is 0. The molecule has 0 bridgehead atoms. The van der Waals surface area contributed by atoms with Crippen molar-refractivity contribution in [3.63, 3.8) is 0 Å². The first-order valence-corrected chi connectivity index (χ1v) is 3.38. The molecular weight excluding hydrogens is 162 g/mol. The van der Waals surface area contributed by atoms with Gasteiger partial charge in [-0.3, -0.25) is 9.79 Å². The molecule has 0 fully saturated rings. The largest absolute Gasteiger partial charge is 0.276 e. The highest BCUT2D eigenvalue weighted by Gasteiger charge is 1.98. The molecule has 0 saturated heterocycles. The van der Waals surface area contributed by atoms with Gasteiger partial charge in [0, 0.05) is 5.56 Å². The Morgan fingerprint density at radius 3 is 2.27 bits per heavy atom. The molecule has 0 atom stereocenters. The molecule has 1 aromatic carbocycles. The van der Waals surface area contributed by atoms with Crippen molar-refractivity contribution in [1.29, 1.82) is 0 Å². The molecule has 0 aromatic heterocycles. The van der Waals surface area contributed by atoms with E-state index in [4.69, 9.17) is 11.6 Å². The Balaban J connectivity index is 3.00. The molecule has 0 spiro atoms. The van der Waals surface area contributed by atoms with Crippen LogP contribution in [0.1, 0.15) is 10.4 Å². The standard InChI is InChI=1S/C8H6ClNO/c1-10-7-4-2-6(3-5-7)8(9)11/h2-5H,1H2. The SMILES string of the molecule is C=Nc1ccc(C(=O)Cl)cc1. The topological polar surface area (TPSA) is 29.4 Å². The molecule has 0 N–H and O–H groups in total. The monoisotopic (exact) mass is 167 g/mol. The summed E-state index contributed by atoms with van der Waals surface area (Å²) in [5, 5.41) is -0.458. The van der Waals surface area contributed by atoms with Gasteiger partial charge in [0.1, 0.15) is 0 Å². The second-order valence-corrected chi connectivity index (χ2v) is 2.32. The molecular formula is C8H6ClNO. The van der Waals surface area contributed by atoms with Crippen molar-refractivity contribution < 1.29 is 4.79 Å². The Labute approximate surface area is 69.5 Å². The molecule has 2 nitrogen and oxygen atoms in total. The fourth-order valence-electron chi connectivity index (χ4n) is 0.698. The van der Waals surface area contributed by atoms with Gasteiger partial charge in [0.2, 0.25) is 0 Å². The lowest BCUT2D eigenvalue weighted by Gasteiger charge is -1.93. The van der Waals surface area contributed by atoms with Crippen molar-refractivity contribution in [2.45, 2.75) is 0 Å². The molecule has 56 valence electrons. The maximum atomic E-state index is 10.6. The minimum atomic E-state index is -0.458. The van der Waals surface area contributed by atoms with Gasteiger partial charge < -0.3 is 0 Å². The van der Waals surface area contributed by atoms with E-state index >= 15 is 0 Å². The van der Waals surface area contributed by atoms with Crippen LogP contribution in [0.15, 0.2) is 29.3 Å². The van der Waals surface area contributed by atoms with E-state index in [-0.39, 0.29) is 0 Å². The number of halogens is 1. The van der Waals surface area contributed by atoms with E-state index in [1.165, 1.54) is 0 Å². The summed E-state index contributed by atoms with van der Waals surface area (Å²) in [7, 11) is 0. The summed E-state index contributed by atoms with van der Waals surface area (Å²) in [6, 6.07) is 6.59. The zero-order chi connectivity index (χ0) is 8.27. The second-order valence-electron chi connectivity index (χ2n) is 1.98. The minimum absolute atomic E-state index is 0.458. The van der Waals surface area contributed by atoms with Crippen molar-refractivity contribution in [2.75, 3.05) is 0 Å². The van der Waals surface area contributed by atoms with E-state index in [2.05, 4.69) is 11.7 Å². The summed E-state index contributed by atoms with van der Waals surface area (Å²) >= 11 is 5.21. The summed E-state index contributed by atoms with van der Waals surface area (Å²) in [5.74, 6) is 0. The number of benzene rings is 1. The smallest absolute Gasteiger partial charge is 0.252 e. The van der Waals surface area contributed by atoms with Gasteiger partial charge in [0.05, 0.1) is 5.69 Å². The normalized spacial score (nSPS) is 9.18. The average molecular weight is 168 g/mol. The van der Waals surface area contributed by atoms with Crippen LogP contribution in [0.25, 0.3) is 0 Å². The minimum Gasteiger partial charge on any atom is -0.276 e. The van der Waals surface area contributed by atoms with E-state index < -0.39 is 5.24 Å². The third kappa shape index (κ3) is 1.88. The molecule has 0 aliphatic heterocycles. The van der Waals surface area contributed by atoms with E-state index in [9.17, 15) is 4.79 Å². The average Bonchev–Trinajstić information content (AvgIpc) is 2.05. The quantitative estimate of drug-likeness (QED) is 0.491. The van der Waals surface area contributed by atoms with E-state index in [1.807, 2.05) is 0 Å². The highest BCUT2D eigenvalue weighted by atomic mass is 35.5. The van der Waals surface area contributed by atoms with Crippen LogP contribution in [0.5, 0.6) is 0 Å². The Bertz CT molecular complexity index is 279. The molecule has 11 heavy (non-hydrogen) atoms. The lowest BCUT2D eigenvalue weighted by molar-refractivity contribution is 0.108. The Hall–Kier alpha value is -1.15. The molecule has 3 heteroatoms. The molecule has 0 amide bonds. The molecule has 0 radical (unpaired) electrons. The van der Waals surface area contributed by atoms with Crippen molar-refractivity contribution in [3.8, 4) is 0 Å². The Morgan fingerprint density at radius 1 is 1.36 bits per heavy atom. The summed E-state index contributed by atoms with van der Waals surface area (Å²) in [6.45, 7) is 3.34. The predicted molar refractivity (Wildman–Crippen MR) is 45.8 cm³/mol. The lowest BCUT2D eigenvalue weighted by atomic mass is 10.2. The first-order chi connectivity index (χ1) is 5.24. The zero-order valence-electron chi connectivity index (χ0n) is 5.75. The van der Waals surface area contributed by atoms with Crippen LogP contribution >= 0.6 is 11.6 Å². The number of rotatable bonds is 2. The second kappa shape index (κ2) is 3.30. The van der Waals surface area contributed by atoms with Crippen LogP contribution in [0, 0.1) is 0 Å².